The summed E-state index contributed by atoms with van der Waals surface area (Å²) in [4.78, 5) is 18.0. The van der Waals surface area contributed by atoms with E-state index in [1.807, 2.05) is 51.4 Å². The van der Waals surface area contributed by atoms with Crippen molar-refractivity contribution < 1.29 is 19.0 Å². The minimum absolute atomic E-state index is 0.366. The number of carbonyl (C=O) groups excluding carboxylic acids is 1. The second-order valence-electron chi connectivity index (χ2n) is 6.50. The minimum atomic E-state index is -0.393. The lowest BCUT2D eigenvalue weighted by Gasteiger charge is -2.16. The molecule has 6 nitrogen and oxygen atoms in total. The number of halogens is 1. The molecule has 0 aliphatic rings. The van der Waals surface area contributed by atoms with Gasteiger partial charge in [0.05, 0.1) is 35.1 Å². The van der Waals surface area contributed by atoms with Gasteiger partial charge < -0.3 is 18.8 Å². The highest BCUT2D eigenvalue weighted by atomic mass is 35.5. The third-order valence-electron chi connectivity index (χ3n) is 4.45. The quantitative estimate of drug-likeness (QED) is 0.502. The number of hydrogen-bond acceptors (Lipinski definition) is 5. The average Bonchev–Trinajstić information content (AvgIpc) is 3.05. The van der Waals surface area contributed by atoms with Crippen LogP contribution in [0.4, 0.5) is 0 Å². The number of benzene rings is 2. The van der Waals surface area contributed by atoms with Gasteiger partial charge in [-0.2, -0.15) is 4.99 Å². The van der Waals surface area contributed by atoms with Crippen molar-refractivity contribution in [1.29, 1.82) is 0 Å². The zero-order valence-electron chi connectivity index (χ0n) is 17.7. The molecule has 160 valence electrons. The first-order valence-electron chi connectivity index (χ1n) is 9.81. The number of amides is 1. The Labute approximate surface area is 184 Å². The van der Waals surface area contributed by atoms with Crippen molar-refractivity contribution in [3.63, 3.8) is 0 Å². The third-order valence-corrected chi connectivity index (χ3v) is 6.05. The van der Waals surface area contributed by atoms with Gasteiger partial charge in [-0.3, -0.25) is 4.79 Å². The van der Waals surface area contributed by atoms with Crippen LogP contribution in [0.5, 0.6) is 17.2 Å². The van der Waals surface area contributed by atoms with E-state index in [2.05, 4.69) is 4.99 Å². The van der Waals surface area contributed by atoms with Crippen molar-refractivity contribution in [1.82, 2.24) is 4.57 Å². The van der Waals surface area contributed by atoms with E-state index in [1.165, 1.54) is 11.3 Å². The Bertz CT molecular complexity index is 1120. The molecule has 2 aromatic carbocycles. The molecule has 1 aromatic heterocycles. The first kappa shape index (κ1) is 22.2. The van der Waals surface area contributed by atoms with Gasteiger partial charge in [-0.15, -0.1) is 0 Å². The van der Waals surface area contributed by atoms with Crippen molar-refractivity contribution in [2.75, 3.05) is 19.8 Å². The summed E-state index contributed by atoms with van der Waals surface area (Å²) in [7, 11) is 1.88. The normalized spacial score (nSPS) is 11.7. The highest BCUT2D eigenvalue weighted by Crippen LogP contribution is 2.39. The van der Waals surface area contributed by atoms with E-state index in [4.69, 9.17) is 25.8 Å². The summed E-state index contributed by atoms with van der Waals surface area (Å²) in [6, 6.07) is 7.11. The molecule has 0 aliphatic carbocycles. The van der Waals surface area contributed by atoms with Gasteiger partial charge in [0.25, 0.3) is 5.91 Å². The molecule has 3 aromatic rings. The van der Waals surface area contributed by atoms with Crippen LogP contribution in [0.1, 0.15) is 36.7 Å². The topological polar surface area (TPSA) is 62.0 Å². The highest BCUT2D eigenvalue weighted by molar-refractivity contribution is 7.17. The van der Waals surface area contributed by atoms with Crippen molar-refractivity contribution >= 4 is 39.1 Å². The molecule has 0 fully saturated rings. The van der Waals surface area contributed by atoms with Gasteiger partial charge in [0.2, 0.25) is 5.75 Å². The van der Waals surface area contributed by atoms with Crippen LogP contribution in [0.15, 0.2) is 29.3 Å². The summed E-state index contributed by atoms with van der Waals surface area (Å²) in [5, 5.41) is 0.642. The lowest BCUT2D eigenvalue weighted by molar-refractivity contribution is 0.0997. The summed E-state index contributed by atoms with van der Waals surface area (Å²) >= 11 is 7.73. The summed E-state index contributed by atoms with van der Waals surface area (Å²) in [5.41, 5.74) is 2.40. The second-order valence-corrected chi connectivity index (χ2v) is 7.89. The van der Waals surface area contributed by atoms with Crippen molar-refractivity contribution in [3.05, 3.63) is 45.2 Å². The van der Waals surface area contributed by atoms with Crippen LogP contribution in [-0.2, 0) is 7.05 Å². The Balaban J connectivity index is 2.13. The van der Waals surface area contributed by atoms with E-state index in [0.29, 0.717) is 52.5 Å². The fourth-order valence-corrected chi connectivity index (χ4v) is 4.54. The number of ether oxygens (including phenoxy) is 3. The van der Waals surface area contributed by atoms with Crippen molar-refractivity contribution in [2.24, 2.45) is 12.0 Å². The van der Waals surface area contributed by atoms with E-state index < -0.39 is 5.91 Å². The molecule has 0 atom stereocenters. The molecule has 0 aliphatic heterocycles. The highest BCUT2D eigenvalue weighted by Gasteiger charge is 2.19. The van der Waals surface area contributed by atoms with Gasteiger partial charge in [-0.25, -0.2) is 0 Å². The van der Waals surface area contributed by atoms with Gasteiger partial charge in [-0.05, 0) is 51.5 Å². The molecule has 1 heterocycles. The molecular weight excluding hydrogens is 424 g/mol. The maximum Gasteiger partial charge on any atom is 0.279 e. The number of thiazole rings is 1. The van der Waals surface area contributed by atoms with Crippen LogP contribution < -0.4 is 19.0 Å². The maximum atomic E-state index is 13.0. The molecular formula is C22H25ClN2O4S. The predicted molar refractivity (Wildman–Crippen MR) is 120 cm³/mol. The number of hydrogen-bond donors (Lipinski definition) is 0. The number of rotatable bonds is 7. The zero-order chi connectivity index (χ0) is 21.8. The van der Waals surface area contributed by atoms with Gasteiger partial charge in [0, 0.05) is 12.6 Å². The molecule has 0 spiro atoms. The summed E-state index contributed by atoms with van der Waals surface area (Å²) in [5.74, 6) is 1.02. The molecule has 1 amide bonds. The Hall–Kier alpha value is -2.51. The Morgan fingerprint density at radius 2 is 1.67 bits per heavy atom. The summed E-state index contributed by atoms with van der Waals surface area (Å²) < 4.78 is 19.9. The van der Waals surface area contributed by atoms with Crippen LogP contribution in [0.2, 0.25) is 5.02 Å². The largest absolute Gasteiger partial charge is 0.490 e. The SMILES string of the molecule is CCOc1cc(C(=O)N=c2sc3c(Cl)ccc(C)c3n2C)cc(OCC)c1OCC. The molecule has 0 saturated carbocycles. The number of aromatic nitrogens is 1. The van der Waals surface area contributed by atoms with Crippen LogP contribution in [0.3, 0.4) is 0 Å². The van der Waals surface area contributed by atoms with Gasteiger partial charge >= 0.3 is 0 Å². The van der Waals surface area contributed by atoms with Crippen molar-refractivity contribution in [2.45, 2.75) is 27.7 Å². The standard InChI is InChI=1S/C22H25ClN2O4S/c1-6-27-16-11-14(12-17(28-7-2)19(16)29-8-3)21(26)24-22-25(5)18-13(4)9-10-15(23)20(18)30-22/h9-12H,6-8H2,1-5H3. The van der Waals surface area contributed by atoms with E-state index in [9.17, 15) is 4.79 Å². The Morgan fingerprint density at radius 1 is 1.07 bits per heavy atom. The molecule has 8 heteroatoms. The summed E-state index contributed by atoms with van der Waals surface area (Å²) in [6.45, 7) is 8.96. The first-order valence-corrected chi connectivity index (χ1v) is 11.0. The fraction of sp³-hybridized carbons (Fsp3) is 0.364. The third kappa shape index (κ3) is 4.32. The predicted octanol–water partition coefficient (Wildman–Crippen LogP) is 5.14. The lowest BCUT2D eigenvalue weighted by atomic mass is 10.1. The molecule has 0 bridgehead atoms. The monoisotopic (exact) mass is 448 g/mol. The van der Waals surface area contributed by atoms with E-state index in [0.717, 1.165) is 15.8 Å². The number of fused-ring (bicyclic) bond motifs is 1. The maximum absolute atomic E-state index is 13.0. The van der Waals surface area contributed by atoms with Gasteiger partial charge in [-0.1, -0.05) is 29.0 Å². The first-order chi connectivity index (χ1) is 14.4. The second kappa shape index (κ2) is 9.53. The molecule has 3 rings (SSSR count). The minimum Gasteiger partial charge on any atom is -0.490 e. The molecule has 0 saturated heterocycles. The molecule has 30 heavy (non-hydrogen) atoms. The Morgan fingerprint density at radius 3 is 2.20 bits per heavy atom. The van der Waals surface area contributed by atoms with Crippen LogP contribution in [-0.4, -0.2) is 30.3 Å². The number of carbonyl (C=O) groups is 1. The van der Waals surface area contributed by atoms with E-state index in [1.54, 1.807) is 12.1 Å². The summed E-state index contributed by atoms with van der Waals surface area (Å²) in [6.07, 6.45) is 0. The van der Waals surface area contributed by atoms with E-state index >= 15 is 0 Å². The average molecular weight is 449 g/mol. The van der Waals surface area contributed by atoms with Gasteiger partial charge in [0.15, 0.2) is 16.3 Å². The van der Waals surface area contributed by atoms with Gasteiger partial charge in [0.1, 0.15) is 0 Å². The fourth-order valence-electron chi connectivity index (χ4n) is 3.18. The Kier molecular flexibility index (Phi) is 7.05. The number of aryl methyl sites for hydroxylation is 2. The van der Waals surface area contributed by atoms with Crippen molar-refractivity contribution in [3.8, 4) is 17.2 Å². The molecule has 0 N–H and O–H groups in total. The molecule has 0 radical (unpaired) electrons. The number of nitrogens with zero attached hydrogens (tertiary/aromatic N) is 2. The van der Waals surface area contributed by atoms with E-state index in [-0.39, 0.29) is 0 Å². The van der Waals surface area contributed by atoms with Crippen LogP contribution in [0, 0.1) is 6.92 Å². The molecule has 0 unspecified atom stereocenters. The smallest absolute Gasteiger partial charge is 0.279 e. The lowest BCUT2D eigenvalue weighted by Crippen LogP contribution is -2.14. The zero-order valence-corrected chi connectivity index (χ0v) is 19.3. The van der Waals surface area contributed by atoms with Crippen LogP contribution in [0.25, 0.3) is 10.2 Å². The van der Waals surface area contributed by atoms with Crippen LogP contribution >= 0.6 is 22.9 Å².